The number of esters is 2. The molecule has 1 aliphatic heterocycles. The molecule has 1 heterocycles. The number of nitrogens with one attached hydrogen (secondary N) is 1. The largest absolute Gasteiger partial charge is 0.467 e. The topological polar surface area (TPSA) is 100 Å². The number of carbonyl (C=O) groups excluding carboxylic acids is 3. The van der Waals surface area contributed by atoms with Gasteiger partial charge in [0.1, 0.15) is 6.04 Å². The van der Waals surface area contributed by atoms with Gasteiger partial charge in [-0.15, -0.1) is 0 Å². The number of ether oxygens (including phenoxy) is 4. The van der Waals surface area contributed by atoms with Gasteiger partial charge in [-0.05, 0) is 34.1 Å². The molecule has 1 atom stereocenters. The minimum atomic E-state index is -0.932. The molecule has 1 saturated heterocycles. The van der Waals surface area contributed by atoms with Crippen LogP contribution in [0.1, 0.15) is 40.5 Å². The molecule has 8 nitrogen and oxygen atoms in total. The van der Waals surface area contributed by atoms with E-state index in [2.05, 4.69) is 5.32 Å². The number of amides is 1. The van der Waals surface area contributed by atoms with Gasteiger partial charge in [0.2, 0.25) is 5.91 Å². The smallest absolute Gasteiger partial charge is 0.328 e. The van der Waals surface area contributed by atoms with Crippen LogP contribution in [0.2, 0.25) is 0 Å². The van der Waals surface area contributed by atoms with E-state index >= 15 is 0 Å². The van der Waals surface area contributed by atoms with Crippen molar-refractivity contribution in [1.29, 1.82) is 0 Å². The van der Waals surface area contributed by atoms with Crippen molar-refractivity contribution >= 4 is 17.8 Å². The highest BCUT2D eigenvalue weighted by molar-refractivity contribution is 5.88. The fourth-order valence-corrected chi connectivity index (χ4v) is 2.10. The number of carbonyl (C=O) groups is 3. The van der Waals surface area contributed by atoms with Gasteiger partial charge in [0.05, 0.1) is 32.3 Å². The van der Waals surface area contributed by atoms with Gasteiger partial charge >= 0.3 is 11.9 Å². The molecule has 1 aliphatic rings. The van der Waals surface area contributed by atoms with Crippen molar-refractivity contribution in [3.63, 3.8) is 0 Å². The van der Waals surface area contributed by atoms with Gasteiger partial charge in [0.25, 0.3) is 0 Å². The second-order valence-corrected chi connectivity index (χ2v) is 6.43. The summed E-state index contributed by atoms with van der Waals surface area (Å²) in [6.07, 6.45) is 0.102. The molecule has 0 bridgehead atoms. The molecule has 0 aromatic carbocycles. The predicted molar refractivity (Wildman–Crippen MR) is 83.9 cm³/mol. The van der Waals surface area contributed by atoms with E-state index in [-0.39, 0.29) is 32.7 Å². The molecule has 0 aromatic rings. The summed E-state index contributed by atoms with van der Waals surface area (Å²) in [5.74, 6) is -2.18. The van der Waals surface area contributed by atoms with Crippen LogP contribution in [0.25, 0.3) is 0 Å². The van der Waals surface area contributed by atoms with E-state index in [1.807, 2.05) is 0 Å². The molecule has 1 N–H and O–H groups in total. The second-order valence-electron chi connectivity index (χ2n) is 6.43. The Labute approximate surface area is 142 Å². The summed E-state index contributed by atoms with van der Waals surface area (Å²) in [5, 5.41) is 2.62. The van der Waals surface area contributed by atoms with E-state index in [1.54, 1.807) is 27.7 Å². The lowest BCUT2D eigenvalue weighted by atomic mass is 9.89. The Bertz CT molecular complexity index is 465. The average molecular weight is 345 g/mol. The molecule has 0 saturated carbocycles. The van der Waals surface area contributed by atoms with Crippen LogP contribution in [0.15, 0.2) is 0 Å². The molecule has 24 heavy (non-hydrogen) atoms. The summed E-state index contributed by atoms with van der Waals surface area (Å²) in [6.45, 7) is 7.51. The normalized spacial score (nSPS) is 19.9. The average Bonchev–Trinajstić information content (AvgIpc) is 2.53. The molecule has 0 spiro atoms. The molecule has 1 amide bonds. The number of hydrogen-bond acceptors (Lipinski definition) is 7. The zero-order valence-electron chi connectivity index (χ0n) is 15.0. The molecule has 0 radical (unpaired) electrons. The molecule has 0 aliphatic carbocycles. The quantitative estimate of drug-likeness (QED) is 0.680. The molecule has 1 rings (SSSR count). The van der Waals surface area contributed by atoms with Crippen LogP contribution in [0.4, 0.5) is 0 Å². The van der Waals surface area contributed by atoms with Crippen molar-refractivity contribution in [1.82, 2.24) is 5.32 Å². The summed E-state index contributed by atoms with van der Waals surface area (Å²) in [5.41, 5.74) is -0.925. The van der Waals surface area contributed by atoms with Crippen LogP contribution in [0.3, 0.4) is 0 Å². The Kier molecular flexibility index (Phi) is 7.16. The number of hydrogen-bond donors (Lipinski definition) is 1. The number of methoxy groups -OCH3 is 1. The van der Waals surface area contributed by atoms with Gasteiger partial charge in [-0.3, -0.25) is 9.59 Å². The first-order chi connectivity index (χ1) is 11.1. The molecule has 0 aromatic heterocycles. The minimum absolute atomic E-state index is 0.00460. The predicted octanol–water partition coefficient (Wildman–Crippen LogP) is 0.777. The lowest BCUT2D eigenvalue weighted by Gasteiger charge is -2.40. The van der Waals surface area contributed by atoms with Gasteiger partial charge < -0.3 is 24.3 Å². The Hall–Kier alpha value is -1.67. The van der Waals surface area contributed by atoms with Gasteiger partial charge in [-0.25, -0.2) is 4.79 Å². The van der Waals surface area contributed by atoms with Crippen molar-refractivity contribution in [2.45, 2.75) is 52.4 Å². The summed E-state index contributed by atoms with van der Waals surface area (Å²) in [6, 6.07) is -0.932. The van der Waals surface area contributed by atoms with Crippen LogP contribution < -0.4 is 5.32 Å². The lowest BCUT2D eigenvalue weighted by Crippen LogP contribution is -2.55. The van der Waals surface area contributed by atoms with E-state index in [9.17, 15) is 14.4 Å². The fourth-order valence-electron chi connectivity index (χ4n) is 2.10. The van der Waals surface area contributed by atoms with Crippen LogP contribution in [-0.2, 0) is 33.3 Å². The number of rotatable bonds is 7. The maximum absolute atomic E-state index is 12.5. The molecule has 1 fully saturated rings. The van der Waals surface area contributed by atoms with Crippen molar-refractivity contribution < 1.29 is 33.3 Å². The zero-order chi connectivity index (χ0) is 18.4. The van der Waals surface area contributed by atoms with Crippen LogP contribution >= 0.6 is 0 Å². The summed E-state index contributed by atoms with van der Waals surface area (Å²) < 4.78 is 20.6. The monoisotopic (exact) mass is 345 g/mol. The van der Waals surface area contributed by atoms with E-state index in [0.717, 1.165) is 0 Å². The van der Waals surface area contributed by atoms with Gasteiger partial charge in [0, 0.05) is 6.42 Å². The standard InChI is InChI=1S/C16H27NO7/c1-6-22-12(18)8-7-11(13(19)21-5)17-14(20)16(4)9-23-15(2,3)24-10-16/h11H,6-10H2,1-5H3,(H,17,20). The third-order valence-corrected chi connectivity index (χ3v) is 3.76. The third-order valence-electron chi connectivity index (χ3n) is 3.76. The Balaban J connectivity index is 2.67. The summed E-state index contributed by atoms with van der Waals surface area (Å²) in [7, 11) is 1.23. The first kappa shape index (κ1) is 20.4. The van der Waals surface area contributed by atoms with E-state index in [0.29, 0.717) is 0 Å². The summed E-state index contributed by atoms with van der Waals surface area (Å²) in [4.78, 5) is 35.8. The lowest BCUT2D eigenvalue weighted by molar-refractivity contribution is -0.277. The van der Waals surface area contributed by atoms with Gasteiger partial charge in [0.15, 0.2) is 5.79 Å². The minimum Gasteiger partial charge on any atom is -0.467 e. The highest BCUT2D eigenvalue weighted by atomic mass is 16.7. The summed E-state index contributed by atoms with van der Waals surface area (Å²) >= 11 is 0. The highest BCUT2D eigenvalue weighted by Gasteiger charge is 2.43. The van der Waals surface area contributed by atoms with Crippen LogP contribution in [0.5, 0.6) is 0 Å². The maximum Gasteiger partial charge on any atom is 0.328 e. The van der Waals surface area contributed by atoms with E-state index in [4.69, 9.17) is 18.9 Å². The van der Waals surface area contributed by atoms with Crippen LogP contribution in [0, 0.1) is 5.41 Å². The molecular weight excluding hydrogens is 318 g/mol. The second kappa shape index (κ2) is 8.43. The van der Waals surface area contributed by atoms with Crippen molar-refractivity contribution in [2.24, 2.45) is 5.41 Å². The zero-order valence-corrected chi connectivity index (χ0v) is 15.0. The van der Waals surface area contributed by atoms with Crippen molar-refractivity contribution in [3.8, 4) is 0 Å². The molecular formula is C16H27NO7. The maximum atomic E-state index is 12.5. The van der Waals surface area contributed by atoms with E-state index < -0.39 is 35.1 Å². The van der Waals surface area contributed by atoms with E-state index in [1.165, 1.54) is 7.11 Å². The first-order valence-corrected chi connectivity index (χ1v) is 7.96. The van der Waals surface area contributed by atoms with Crippen molar-refractivity contribution in [2.75, 3.05) is 26.9 Å². The first-order valence-electron chi connectivity index (χ1n) is 7.96. The molecule has 1 unspecified atom stereocenters. The fraction of sp³-hybridized carbons (Fsp3) is 0.812. The van der Waals surface area contributed by atoms with Crippen LogP contribution in [-0.4, -0.2) is 56.6 Å². The van der Waals surface area contributed by atoms with Crippen molar-refractivity contribution in [3.05, 3.63) is 0 Å². The highest BCUT2D eigenvalue weighted by Crippen LogP contribution is 2.29. The molecule has 8 heteroatoms. The SMILES string of the molecule is CCOC(=O)CCC(NC(=O)C1(C)COC(C)(C)OC1)C(=O)OC. The van der Waals surface area contributed by atoms with Gasteiger partial charge in [-0.2, -0.15) is 0 Å². The Morgan fingerprint density at radius 1 is 1.17 bits per heavy atom. The molecule has 138 valence electrons. The Morgan fingerprint density at radius 2 is 1.75 bits per heavy atom. The third kappa shape index (κ3) is 5.76. The Morgan fingerprint density at radius 3 is 2.25 bits per heavy atom. The van der Waals surface area contributed by atoms with Gasteiger partial charge in [-0.1, -0.05) is 0 Å².